The van der Waals surface area contributed by atoms with Crippen LogP contribution in [-0.4, -0.2) is 41.7 Å². The van der Waals surface area contributed by atoms with Gasteiger partial charge in [0.2, 0.25) is 0 Å². The van der Waals surface area contributed by atoms with Crippen molar-refractivity contribution in [3.8, 4) is 11.5 Å². The molecule has 1 amide bonds. The minimum absolute atomic E-state index is 0.160. The van der Waals surface area contributed by atoms with Gasteiger partial charge < -0.3 is 9.47 Å². The fourth-order valence-electron chi connectivity index (χ4n) is 2.52. The molecule has 1 fully saturated rings. The summed E-state index contributed by atoms with van der Waals surface area (Å²) in [5, 5.41) is 0.938. The number of nitrogens with zero attached hydrogens (tertiary/aromatic N) is 3. The van der Waals surface area contributed by atoms with Crippen LogP contribution < -0.4 is 9.47 Å². The molecule has 28 heavy (non-hydrogen) atoms. The SMILES string of the molecule is C=CCN1C(=O)/C(=C/c2ccc(OC)cc2OC)SC1=Nc1ccncc1Cl. The van der Waals surface area contributed by atoms with Crippen LogP contribution in [0.4, 0.5) is 5.69 Å². The number of benzene rings is 1. The van der Waals surface area contributed by atoms with Crippen LogP contribution >= 0.6 is 23.4 Å². The van der Waals surface area contributed by atoms with Crippen molar-refractivity contribution in [3.05, 3.63) is 64.8 Å². The Balaban J connectivity index is 2.00. The first-order valence-electron chi connectivity index (χ1n) is 8.30. The molecule has 0 N–H and O–H groups in total. The molecular weight excluding hydrogens is 398 g/mol. The van der Waals surface area contributed by atoms with E-state index in [0.29, 0.717) is 38.8 Å². The molecule has 0 aliphatic carbocycles. The number of amidine groups is 1. The third kappa shape index (κ3) is 4.21. The lowest BCUT2D eigenvalue weighted by atomic mass is 10.1. The lowest BCUT2D eigenvalue weighted by molar-refractivity contribution is -0.121. The normalized spacial score (nSPS) is 16.7. The van der Waals surface area contributed by atoms with E-state index >= 15 is 0 Å². The minimum Gasteiger partial charge on any atom is -0.497 e. The monoisotopic (exact) mass is 415 g/mol. The second-order valence-electron chi connectivity index (χ2n) is 5.64. The summed E-state index contributed by atoms with van der Waals surface area (Å²) in [6.45, 7) is 4.06. The zero-order valence-corrected chi connectivity index (χ0v) is 17.0. The number of rotatable bonds is 6. The molecular formula is C20H18ClN3O3S. The maximum atomic E-state index is 12.9. The highest BCUT2D eigenvalue weighted by Gasteiger charge is 2.33. The Morgan fingerprint density at radius 3 is 2.82 bits per heavy atom. The van der Waals surface area contributed by atoms with E-state index in [2.05, 4.69) is 16.6 Å². The molecule has 8 heteroatoms. The Morgan fingerprint density at radius 2 is 2.14 bits per heavy atom. The number of methoxy groups -OCH3 is 2. The van der Waals surface area contributed by atoms with E-state index in [1.54, 1.807) is 49.6 Å². The van der Waals surface area contributed by atoms with Crippen LogP contribution in [0.15, 0.2) is 59.2 Å². The third-order valence-corrected chi connectivity index (χ3v) is 5.19. The molecule has 0 radical (unpaired) electrons. The van der Waals surface area contributed by atoms with E-state index in [-0.39, 0.29) is 5.91 Å². The van der Waals surface area contributed by atoms with E-state index < -0.39 is 0 Å². The van der Waals surface area contributed by atoms with Gasteiger partial charge in [0, 0.05) is 30.6 Å². The first-order valence-corrected chi connectivity index (χ1v) is 9.49. The average molecular weight is 416 g/mol. The van der Waals surface area contributed by atoms with Crippen LogP contribution in [-0.2, 0) is 4.79 Å². The molecule has 1 aliphatic rings. The van der Waals surface area contributed by atoms with Crippen molar-refractivity contribution in [2.45, 2.75) is 0 Å². The molecule has 144 valence electrons. The highest BCUT2D eigenvalue weighted by atomic mass is 35.5. The van der Waals surface area contributed by atoms with E-state index in [1.165, 1.54) is 18.0 Å². The molecule has 1 aromatic carbocycles. The number of ether oxygens (including phenoxy) is 2. The van der Waals surface area contributed by atoms with E-state index in [9.17, 15) is 4.79 Å². The van der Waals surface area contributed by atoms with Crippen molar-refractivity contribution in [2.24, 2.45) is 4.99 Å². The standard InChI is InChI=1S/C20H18ClN3O3S/c1-4-9-24-19(25)18(10-13-5-6-14(26-2)11-17(13)27-3)28-20(24)23-16-7-8-22-12-15(16)21/h4-8,10-12H,1,9H2,2-3H3/b18-10-,23-20?. The van der Waals surface area contributed by atoms with E-state index in [1.807, 2.05) is 12.1 Å². The van der Waals surface area contributed by atoms with Gasteiger partial charge in [0.25, 0.3) is 5.91 Å². The largest absolute Gasteiger partial charge is 0.497 e. The zero-order valence-electron chi connectivity index (χ0n) is 15.4. The van der Waals surface area contributed by atoms with Crippen LogP contribution in [0.5, 0.6) is 11.5 Å². The average Bonchev–Trinajstić information content (AvgIpc) is 2.99. The first kappa shape index (κ1) is 20.0. The summed E-state index contributed by atoms with van der Waals surface area (Å²) < 4.78 is 10.6. The maximum Gasteiger partial charge on any atom is 0.267 e. The van der Waals surface area contributed by atoms with Crippen molar-refractivity contribution in [3.63, 3.8) is 0 Å². The minimum atomic E-state index is -0.160. The van der Waals surface area contributed by atoms with Gasteiger partial charge in [-0.1, -0.05) is 17.7 Å². The van der Waals surface area contributed by atoms with Crippen LogP contribution in [0.25, 0.3) is 6.08 Å². The van der Waals surface area contributed by atoms with Gasteiger partial charge >= 0.3 is 0 Å². The van der Waals surface area contributed by atoms with Gasteiger partial charge in [-0.3, -0.25) is 14.7 Å². The third-order valence-electron chi connectivity index (χ3n) is 3.89. The predicted molar refractivity (Wildman–Crippen MR) is 113 cm³/mol. The maximum absolute atomic E-state index is 12.9. The second-order valence-corrected chi connectivity index (χ2v) is 7.06. The van der Waals surface area contributed by atoms with Gasteiger partial charge in [-0.25, -0.2) is 4.99 Å². The topological polar surface area (TPSA) is 64.0 Å². The van der Waals surface area contributed by atoms with Crippen molar-refractivity contribution in [1.82, 2.24) is 9.88 Å². The number of carbonyl (C=O) groups is 1. The first-order chi connectivity index (χ1) is 13.6. The lowest BCUT2D eigenvalue weighted by Crippen LogP contribution is -2.29. The molecule has 0 atom stereocenters. The summed E-state index contributed by atoms with van der Waals surface area (Å²) in [7, 11) is 3.16. The predicted octanol–water partition coefficient (Wildman–Crippen LogP) is 4.54. The number of carbonyl (C=O) groups excluding carboxylic acids is 1. The van der Waals surface area contributed by atoms with Crippen LogP contribution in [0.3, 0.4) is 0 Å². The number of hydrogen-bond acceptors (Lipinski definition) is 6. The smallest absolute Gasteiger partial charge is 0.267 e. The molecule has 1 aromatic heterocycles. The summed E-state index contributed by atoms with van der Waals surface area (Å²) in [5.41, 5.74) is 1.31. The zero-order chi connectivity index (χ0) is 20.1. The van der Waals surface area contributed by atoms with Gasteiger partial charge in [-0.2, -0.15) is 0 Å². The summed E-state index contributed by atoms with van der Waals surface area (Å²) in [5.74, 6) is 1.12. The summed E-state index contributed by atoms with van der Waals surface area (Å²) in [6.07, 6.45) is 6.54. The number of aliphatic imine (C=N–C) groups is 1. The number of hydrogen-bond donors (Lipinski definition) is 0. The van der Waals surface area contributed by atoms with Crippen LogP contribution in [0.2, 0.25) is 5.02 Å². The summed E-state index contributed by atoms with van der Waals surface area (Å²) in [4.78, 5) is 23.5. The Labute approximate surface area is 172 Å². The molecule has 0 unspecified atom stereocenters. The molecule has 2 heterocycles. The number of halogens is 1. The van der Waals surface area contributed by atoms with Crippen LogP contribution in [0.1, 0.15) is 5.56 Å². The van der Waals surface area contributed by atoms with Crippen LogP contribution in [0, 0.1) is 0 Å². The molecule has 0 saturated carbocycles. The molecule has 0 spiro atoms. The van der Waals surface area contributed by atoms with E-state index in [0.717, 1.165) is 5.56 Å². The number of pyridine rings is 1. The molecule has 6 nitrogen and oxygen atoms in total. The Hall–Kier alpha value is -2.77. The van der Waals surface area contributed by atoms with Crippen molar-refractivity contribution >= 4 is 46.2 Å². The quantitative estimate of drug-likeness (QED) is 0.511. The number of amides is 1. The number of thioether (sulfide) groups is 1. The fraction of sp³-hybridized carbons (Fsp3) is 0.150. The van der Waals surface area contributed by atoms with Gasteiger partial charge in [-0.15, -0.1) is 6.58 Å². The molecule has 3 rings (SSSR count). The van der Waals surface area contributed by atoms with Gasteiger partial charge in [0.05, 0.1) is 29.8 Å². The van der Waals surface area contributed by atoms with Gasteiger partial charge in [0.15, 0.2) is 5.17 Å². The summed E-state index contributed by atoms with van der Waals surface area (Å²) in [6, 6.07) is 7.11. The van der Waals surface area contributed by atoms with Crippen molar-refractivity contribution < 1.29 is 14.3 Å². The van der Waals surface area contributed by atoms with Gasteiger partial charge in [-0.05, 0) is 36.0 Å². The Bertz CT molecular complexity index is 975. The second kappa shape index (κ2) is 8.95. The highest BCUT2D eigenvalue weighted by molar-refractivity contribution is 8.18. The molecule has 1 saturated heterocycles. The fourth-order valence-corrected chi connectivity index (χ4v) is 3.68. The highest BCUT2D eigenvalue weighted by Crippen LogP contribution is 2.37. The number of aromatic nitrogens is 1. The molecule has 2 aromatic rings. The van der Waals surface area contributed by atoms with Crippen molar-refractivity contribution in [2.75, 3.05) is 20.8 Å². The Kier molecular flexibility index (Phi) is 6.38. The summed E-state index contributed by atoms with van der Waals surface area (Å²) >= 11 is 7.42. The lowest BCUT2D eigenvalue weighted by Gasteiger charge is -2.12. The molecule has 1 aliphatic heterocycles. The Morgan fingerprint density at radius 1 is 1.32 bits per heavy atom. The van der Waals surface area contributed by atoms with E-state index in [4.69, 9.17) is 21.1 Å². The molecule has 0 bridgehead atoms. The van der Waals surface area contributed by atoms with Gasteiger partial charge in [0.1, 0.15) is 11.5 Å². The van der Waals surface area contributed by atoms with Crippen molar-refractivity contribution in [1.29, 1.82) is 0 Å².